The predicted octanol–water partition coefficient (Wildman–Crippen LogP) is 0.766. The summed E-state index contributed by atoms with van der Waals surface area (Å²) in [7, 11) is 0. The summed E-state index contributed by atoms with van der Waals surface area (Å²) >= 11 is 0. The van der Waals surface area contributed by atoms with Gasteiger partial charge in [-0.05, 0) is 13.8 Å². The molecule has 3 heteroatoms. The van der Waals surface area contributed by atoms with Crippen LogP contribution in [0.3, 0.4) is 0 Å². The minimum atomic E-state index is -0.464. The largest absolute Gasteiger partial charge is 0.396 e. The maximum atomic E-state index is 8.83. The summed E-state index contributed by atoms with van der Waals surface area (Å²) in [5.41, 5.74) is 0. The summed E-state index contributed by atoms with van der Waals surface area (Å²) in [5, 5.41) is 8.83. The lowest BCUT2D eigenvalue weighted by molar-refractivity contribution is -0.145. The number of rotatable bonds is 2. The first kappa shape index (κ1) is 8.97. The van der Waals surface area contributed by atoms with Gasteiger partial charge in [0.05, 0.1) is 12.7 Å². The van der Waals surface area contributed by atoms with E-state index < -0.39 is 5.79 Å². The van der Waals surface area contributed by atoms with E-state index >= 15 is 0 Å². The van der Waals surface area contributed by atoms with Crippen molar-refractivity contribution < 1.29 is 14.6 Å². The number of ether oxygens (including phenoxy) is 2. The Balaban J connectivity index is 2.41. The quantitative estimate of drug-likeness (QED) is 0.648. The third kappa shape index (κ3) is 2.15. The molecule has 1 rings (SSSR count). The molecule has 2 atom stereocenters. The molecule has 0 spiro atoms. The Labute approximate surface area is 67.3 Å². The van der Waals surface area contributed by atoms with E-state index in [0.29, 0.717) is 6.61 Å². The van der Waals surface area contributed by atoms with Crippen LogP contribution in [0.15, 0.2) is 0 Å². The van der Waals surface area contributed by atoms with Gasteiger partial charge < -0.3 is 14.6 Å². The number of hydrogen-bond donors (Lipinski definition) is 1. The van der Waals surface area contributed by atoms with Crippen LogP contribution in [-0.2, 0) is 9.47 Å². The fourth-order valence-electron chi connectivity index (χ4n) is 1.11. The van der Waals surface area contributed by atoms with Gasteiger partial charge in [-0.1, -0.05) is 6.92 Å². The predicted molar refractivity (Wildman–Crippen MR) is 41.2 cm³/mol. The molecule has 1 aliphatic heterocycles. The Hall–Kier alpha value is -0.120. The highest BCUT2D eigenvalue weighted by Crippen LogP contribution is 2.26. The monoisotopic (exact) mass is 160 g/mol. The van der Waals surface area contributed by atoms with Crippen LogP contribution in [0.25, 0.3) is 0 Å². The highest BCUT2D eigenvalue weighted by molar-refractivity contribution is 4.74. The van der Waals surface area contributed by atoms with Gasteiger partial charge in [0.2, 0.25) is 0 Å². The van der Waals surface area contributed by atoms with Gasteiger partial charge >= 0.3 is 0 Å². The fraction of sp³-hybridized carbons (Fsp3) is 1.00. The molecule has 0 radical (unpaired) electrons. The smallest absolute Gasteiger partial charge is 0.163 e. The van der Waals surface area contributed by atoms with Crippen molar-refractivity contribution in [2.24, 2.45) is 5.92 Å². The molecule has 1 heterocycles. The summed E-state index contributed by atoms with van der Waals surface area (Å²) in [6.07, 6.45) is 0.0509. The topological polar surface area (TPSA) is 38.7 Å². The molecule has 0 amide bonds. The lowest BCUT2D eigenvalue weighted by Crippen LogP contribution is -2.26. The molecule has 1 fully saturated rings. The summed E-state index contributed by atoms with van der Waals surface area (Å²) in [5.74, 6) is -0.301. The zero-order valence-corrected chi connectivity index (χ0v) is 7.33. The van der Waals surface area contributed by atoms with Gasteiger partial charge in [-0.25, -0.2) is 0 Å². The third-order valence-corrected chi connectivity index (χ3v) is 1.95. The first-order valence-electron chi connectivity index (χ1n) is 3.98. The van der Waals surface area contributed by atoms with Crippen LogP contribution in [-0.4, -0.2) is 30.2 Å². The summed E-state index contributed by atoms with van der Waals surface area (Å²) in [6.45, 7) is 6.47. The van der Waals surface area contributed by atoms with Crippen LogP contribution in [0.1, 0.15) is 20.8 Å². The zero-order chi connectivity index (χ0) is 8.48. The molecule has 3 nitrogen and oxygen atoms in total. The van der Waals surface area contributed by atoms with Crippen LogP contribution < -0.4 is 0 Å². The van der Waals surface area contributed by atoms with E-state index in [1.165, 1.54) is 0 Å². The molecule has 1 aliphatic rings. The van der Waals surface area contributed by atoms with E-state index in [1.54, 1.807) is 0 Å². The Bertz CT molecular complexity index is 133. The molecule has 1 saturated heterocycles. The average Bonchev–Trinajstić information content (AvgIpc) is 2.29. The first-order valence-corrected chi connectivity index (χ1v) is 3.98. The van der Waals surface area contributed by atoms with Crippen molar-refractivity contribution in [2.45, 2.75) is 32.7 Å². The van der Waals surface area contributed by atoms with Gasteiger partial charge in [0.15, 0.2) is 5.79 Å². The molecule has 0 aromatic carbocycles. The van der Waals surface area contributed by atoms with Crippen molar-refractivity contribution in [3.05, 3.63) is 0 Å². The minimum absolute atomic E-state index is 0.0509. The van der Waals surface area contributed by atoms with Gasteiger partial charge in [-0.3, -0.25) is 0 Å². The van der Waals surface area contributed by atoms with Crippen LogP contribution in [0.4, 0.5) is 0 Å². The number of aliphatic hydroxyl groups is 1. The standard InChI is InChI=1S/C8H16O3/c1-6(4-9)7-5-10-8(2,3)11-7/h6-7,9H,4-5H2,1-3H3/t6?,7-/m1/s1. The SMILES string of the molecule is CC(CO)[C@H]1COC(C)(C)O1. The average molecular weight is 160 g/mol. The van der Waals surface area contributed by atoms with Crippen molar-refractivity contribution in [2.75, 3.05) is 13.2 Å². The Kier molecular flexibility index (Phi) is 2.52. The van der Waals surface area contributed by atoms with E-state index in [-0.39, 0.29) is 18.6 Å². The van der Waals surface area contributed by atoms with E-state index in [2.05, 4.69) is 0 Å². The molecule has 0 bridgehead atoms. The van der Waals surface area contributed by atoms with Crippen LogP contribution in [0, 0.1) is 5.92 Å². The Morgan fingerprint density at radius 1 is 1.64 bits per heavy atom. The second-order valence-electron chi connectivity index (χ2n) is 3.53. The molecule has 0 saturated carbocycles. The lowest BCUT2D eigenvalue weighted by Gasteiger charge is -2.19. The fourth-order valence-corrected chi connectivity index (χ4v) is 1.11. The summed E-state index contributed by atoms with van der Waals surface area (Å²) in [4.78, 5) is 0. The maximum Gasteiger partial charge on any atom is 0.163 e. The molecular weight excluding hydrogens is 144 g/mol. The van der Waals surface area contributed by atoms with Gasteiger partial charge in [0, 0.05) is 12.5 Å². The molecule has 0 aromatic heterocycles. The van der Waals surface area contributed by atoms with Gasteiger partial charge in [0.25, 0.3) is 0 Å². The highest BCUT2D eigenvalue weighted by atomic mass is 16.7. The second-order valence-corrected chi connectivity index (χ2v) is 3.53. The first-order chi connectivity index (χ1) is 5.05. The minimum Gasteiger partial charge on any atom is -0.396 e. The van der Waals surface area contributed by atoms with Gasteiger partial charge in [-0.15, -0.1) is 0 Å². The molecule has 0 aromatic rings. The summed E-state index contributed by atoms with van der Waals surface area (Å²) < 4.78 is 10.9. The van der Waals surface area contributed by atoms with E-state index in [9.17, 15) is 0 Å². The number of aliphatic hydroxyl groups excluding tert-OH is 1. The molecule has 1 unspecified atom stereocenters. The van der Waals surface area contributed by atoms with E-state index in [4.69, 9.17) is 14.6 Å². The van der Waals surface area contributed by atoms with Crippen molar-refractivity contribution in [1.29, 1.82) is 0 Å². The van der Waals surface area contributed by atoms with Crippen molar-refractivity contribution in [3.8, 4) is 0 Å². The van der Waals surface area contributed by atoms with Crippen LogP contribution in [0.5, 0.6) is 0 Å². The molecule has 11 heavy (non-hydrogen) atoms. The van der Waals surface area contributed by atoms with Crippen molar-refractivity contribution in [1.82, 2.24) is 0 Å². The van der Waals surface area contributed by atoms with Crippen LogP contribution >= 0.6 is 0 Å². The Morgan fingerprint density at radius 3 is 2.64 bits per heavy atom. The summed E-state index contributed by atoms with van der Waals surface area (Å²) in [6, 6.07) is 0. The zero-order valence-electron chi connectivity index (χ0n) is 7.33. The highest BCUT2D eigenvalue weighted by Gasteiger charge is 2.35. The third-order valence-electron chi connectivity index (χ3n) is 1.95. The maximum absolute atomic E-state index is 8.83. The van der Waals surface area contributed by atoms with E-state index in [0.717, 1.165) is 0 Å². The van der Waals surface area contributed by atoms with Crippen molar-refractivity contribution in [3.63, 3.8) is 0 Å². The van der Waals surface area contributed by atoms with Gasteiger partial charge in [-0.2, -0.15) is 0 Å². The second kappa shape index (κ2) is 3.09. The Morgan fingerprint density at radius 2 is 2.27 bits per heavy atom. The number of hydrogen-bond acceptors (Lipinski definition) is 3. The molecule has 1 N–H and O–H groups in total. The molecular formula is C8H16O3. The lowest BCUT2D eigenvalue weighted by atomic mass is 10.1. The molecule has 66 valence electrons. The normalized spacial score (nSPS) is 32.2. The van der Waals surface area contributed by atoms with Gasteiger partial charge in [0.1, 0.15) is 0 Å². The van der Waals surface area contributed by atoms with E-state index in [1.807, 2.05) is 20.8 Å². The molecule has 0 aliphatic carbocycles. The van der Waals surface area contributed by atoms with Crippen molar-refractivity contribution >= 4 is 0 Å². The van der Waals surface area contributed by atoms with Crippen LogP contribution in [0.2, 0.25) is 0 Å².